The zero-order valence-electron chi connectivity index (χ0n) is 17.0. The first-order valence-corrected chi connectivity index (χ1v) is 10.00. The van der Waals surface area contributed by atoms with Gasteiger partial charge in [0.25, 0.3) is 5.91 Å². The van der Waals surface area contributed by atoms with Crippen molar-refractivity contribution in [3.05, 3.63) is 95.8 Å². The van der Waals surface area contributed by atoms with Gasteiger partial charge in [0, 0.05) is 29.9 Å². The lowest BCUT2D eigenvalue weighted by Crippen LogP contribution is -2.47. The summed E-state index contributed by atoms with van der Waals surface area (Å²) in [5.41, 5.74) is 2.88. The van der Waals surface area contributed by atoms with Crippen LogP contribution >= 0.6 is 0 Å². The van der Waals surface area contributed by atoms with Gasteiger partial charge in [0.2, 0.25) is 5.91 Å². The molecule has 4 rings (SSSR count). The largest absolute Gasteiger partial charge is 0.309 e. The standard InChI is InChI=1S/C25H23FN2O2/c1-17-16-24(22-10-6-7-11-23(22)27(17)18(2)29)28(21-14-12-20(26)13-15-21)25(30)19-8-4-3-5-9-19/h3-15,17,24H,16H2,1-2H3/t17-,24-/m1/s1. The maximum Gasteiger partial charge on any atom is 0.258 e. The van der Waals surface area contributed by atoms with E-state index in [-0.39, 0.29) is 29.7 Å². The molecule has 0 aliphatic carbocycles. The first-order chi connectivity index (χ1) is 14.5. The summed E-state index contributed by atoms with van der Waals surface area (Å²) < 4.78 is 13.6. The Morgan fingerprint density at radius 1 is 0.933 bits per heavy atom. The molecule has 0 fully saturated rings. The van der Waals surface area contributed by atoms with E-state index in [1.807, 2.05) is 49.4 Å². The molecule has 1 heterocycles. The molecule has 1 aliphatic heterocycles. The van der Waals surface area contributed by atoms with Crippen LogP contribution in [0.1, 0.15) is 42.2 Å². The molecule has 0 saturated heterocycles. The maximum absolute atomic E-state index is 13.6. The molecule has 0 radical (unpaired) electrons. The predicted octanol–water partition coefficient (Wildman–Crippen LogP) is 5.36. The first kappa shape index (κ1) is 19.8. The highest BCUT2D eigenvalue weighted by atomic mass is 19.1. The SMILES string of the molecule is CC(=O)N1c2ccccc2[C@H](N(C(=O)c2ccccc2)c2ccc(F)cc2)C[C@H]1C. The van der Waals surface area contributed by atoms with Crippen molar-refractivity contribution in [2.45, 2.75) is 32.4 Å². The molecular weight excluding hydrogens is 379 g/mol. The summed E-state index contributed by atoms with van der Waals surface area (Å²) in [6, 6.07) is 22.3. The van der Waals surface area contributed by atoms with Crippen molar-refractivity contribution in [2.24, 2.45) is 0 Å². The Hall–Kier alpha value is -3.47. The molecule has 0 aromatic heterocycles. The number of hydrogen-bond acceptors (Lipinski definition) is 2. The van der Waals surface area contributed by atoms with Gasteiger partial charge in [0.05, 0.1) is 6.04 Å². The van der Waals surface area contributed by atoms with Gasteiger partial charge in [-0.15, -0.1) is 0 Å². The third kappa shape index (κ3) is 3.59. The van der Waals surface area contributed by atoms with Crippen LogP contribution in [-0.2, 0) is 4.79 Å². The van der Waals surface area contributed by atoms with Crippen LogP contribution in [0.2, 0.25) is 0 Å². The second kappa shape index (κ2) is 8.11. The normalized spacial score (nSPS) is 17.9. The number of carbonyl (C=O) groups excluding carboxylic acids is 2. The number of carbonyl (C=O) groups is 2. The minimum Gasteiger partial charge on any atom is -0.309 e. The monoisotopic (exact) mass is 402 g/mol. The Labute approximate surface area is 175 Å². The summed E-state index contributed by atoms with van der Waals surface area (Å²) in [5.74, 6) is -0.548. The number of fused-ring (bicyclic) bond motifs is 1. The van der Waals surface area contributed by atoms with E-state index in [1.165, 1.54) is 12.1 Å². The average Bonchev–Trinajstić information content (AvgIpc) is 2.75. The molecule has 1 aliphatic rings. The molecular formula is C25H23FN2O2. The van der Waals surface area contributed by atoms with Crippen molar-refractivity contribution >= 4 is 23.2 Å². The second-order valence-electron chi connectivity index (χ2n) is 7.57. The Kier molecular flexibility index (Phi) is 5.36. The van der Waals surface area contributed by atoms with Gasteiger partial charge in [-0.1, -0.05) is 36.4 Å². The van der Waals surface area contributed by atoms with Crippen LogP contribution in [0.4, 0.5) is 15.8 Å². The zero-order valence-corrected chi connectivity index (χ0v) is 17.0. The van der Waals surface area contributed by atoms with Gasteiger partial charge in [-0.25, -0.2) is 4.39 Å². The molecule has 3 aromatic carbocycles. The van der Waals surface area contributed by atoms with E-state index >= 15 is 0 Å². The van der Waals surface area contributed by atoms with Crippen LogP contribution in [-0.4, -0.2) is 17.9 Å². The van der Waals surface area contributed by atoms with Crippen molar-refractivity contribution in [3.63, 3.8) is 0 Å². The number of para-hydroxylation sites is 1. The van der Waals surface area contributed by atoms with E-state index in [9.17, 15) is 14.0 Å². The number of benzene rings is 3. The topological polar surface area (TPSA) is 40.6 Å². The van der Waals surface area contributed by atoms with Crippen molar-refractivity contribution in [3.8, 4) is 0 Å². The Balaban J connectivity index is 1.86. The fourth-order valence-electron chi connectivity index (χ4n) is 4.27. The van der Waals surface area contributed by atoms with Gasteiger partial charge in [-0.05, 0) is 61.4 Å². The highest BCUT2D eigenvalue weighted by Crippen LogP contribution is 2.42. The summed E-state index contributed by atoms with van der Waals surface area (Å²) in [6.45, 7) is 3.54. The fourth-order valence-corrected chi connectivity index (χ4v) is 4.27. The van der Waals surface area contributed by atoms with Crippen molar-refractivity contribution in [1.82, 2.24) is 0 Å². The van der Waals surface area contributed by atoms with Gasteiger partial charge in [0.15, 0.2) is 0 Å². The molecule has 0 saturated carbocycles. The molecule has 2 amide bonds. The molecule has 0 unspecified atom stereocenters. The van der Waals surface area contributed by atoms with E-state index in [4.69, 9.17) is 0 Å². The molecule has 30 heavy (non-hydrogen) atoms. The smallest absolute Gasteiger partial charge is 0.258 e. The number of nitrogens with zero attached hydrogens (tertiary/aromatic N) is 2. The number of anilines is 2. The van der Waals surface area contributed by atoms with Gasteiger partial charge < -0.3 is 9.80 Å². The molecule has 2 atom stereocenters. The van der Waals surface area contributed by atoms with Crippen LogP contribution in [0.3, 0.4) is 0 Å². The van der Waals surface area contributed by atoms with Crippen LogP contribution in [0.15, 0.2) is 78.9 Å². The third-order valence-corrected chi connectivity index (χ3v) is 5.56. The van der Waals surface area contributed by atoms with Crippen molar-refractivity contribution < 1.29 is 14.0 Å². The minimum atomic E-state index is -0.356. The summed E-state index contributed by atoms with van der Waals surface area (Å²) in [4.78, 5) is 29.4. The number of rotatable bonds is 3. The molecule has 0 N–H and O–H groups in total. The first-order valence-electron chi connectivity index (χ1n) is 10.00. The van der Waals surface area contributed by atoms with Gasteiger partial charge in [-0.2, -0.15) is 0 Å². The summed E-state index contributed by atoms with van der Waals surface area (Å²) in [5, 5.41) is 0. The second-order valence-corrected chi connectivity index (χ2v) is 7.57. The summed E-state index contributed by atoms with van der Waals surface area (Å²) >= 11 is 0. The van der Waals surface area contributed by atoms with E-state index in [0.29, 0.717) is 17.7 Å². The number of amides is 2. The van der Waals surface area contributed by atoms with Gasteiger partial charge in [0.1, 0.15) is 5.82 Å². The lowest BCUT2D eigenvalue weighted by molar-refractivity contribution is -0.117. The Morgan fingerprint density at radius 3 is 2.23 bits per heavy atom. The molecule has 0 spiro atoms. The highest BCUT2D eigenvalue weighted by molar-refractivity contribution is 6.07. The fraction of sp³-hybridized carbons (Fsp3) is 0.200. The molecule has 152 valence electrons. The Bertz CT molecular complexity index is 1070. The number of halogens is 1. The maximum atomic E-state index is 13.6. The molecule has 3 aromatic rings. The summed E-state index contributed by atoms with van der Waals surface area (Å²) in [6.07, 6.45) is 0.576. The molecule has 4 nitrogen and oxygen atoms in total. The predicted molar refractivity (Wildman–Crippen MR) is 116 cm³/mol. The summed E-state index contributed by atoms with van der Waals surface area (Å²) in [7, 11) is 0. The van der Waals surface area contributed by atoms with Gasteiger partial charge in [-0.3, -0.25) is 9.59 Å². The van der Waals surface area contributed by atoms with Gasteiger partial charge >= 0.3 is 0 Å². The van der Waals surface area contributed by atoms with Crippen LogP contribution in [0, 0.1) is 5.82 Å². The van der Waals surface area contributed by atoms with E-state index < -0.39 is 0 Å². The van der Waals surface area contributed by atoms with Crippen LogP contribution < -0.4 is 9.80 Å². The minimum absolute atomic E-state index is 0.0314. The third-order valence-electron chi connectivity index (χ3n) is 5.56. The lowest BCUT2D eigenvalue weighted by atomic mass is 9.89. The average molecular weight is 402 g/mol. The van der Waals surface area contributed by atoms with E-state index in [0.717, 1.165) is 11.3 Å². The van der Waals surface area contributed by atoms with Crippen LogP contribution in [0.25, 0.3) is 0 Å². The molecule has 5 heteroatoms. The van der Waals surface area contributed by atoms with E-state index in [1.54, 1.807) is 41.0 Å². The highest BCUT2D eigenvalue weighted by Gasteiger charge is 2.37. The lowest BCUT2D eigenvalue weighted by Gasteiger charge is -2.43. The zero-order chi connectivity index (χ0) is 21.3. The Morgan fingerprint density at radius 2 is 1.57 bits per heavy atom. The van der Waals surface area contributed by atoms with Crippen molar-refractivity contribution in [1.29, 1.82) is 0 Å². The quantitative estimate of drug-likeness (QED) is 0.592. The van der Waals surface area contributed by atoms with Crippen LogP contribution in [0.5, 0.6) is 0 Å². The molecule has 0 bridgehead atoms. The van der Waals surface area contributed by atoms with E-state index in [2.05, 4.69) is 0 Å². The van der Waals surface area contributed by atoms with Crippen molar-refractivity contribution in [2.75, 3.05) is 9.80 Å². The number of hydrogen-bond donors (Lipinski definition) is 0.